The molecule has 0 radical (unpaired) electrons. The monoisotopic (exact) mass is 259 g/mol. The Balaban J connectivity index is 2.03. The number of amides is 1. The zero-order valence-corrected chi connectivity index (χ0v) is 10.8. The van der Waals surface area contributed by atoms with E-state index in [-0.39, 0.29) is 5.91 Å². The van der Waals surface area contributed by atoms with E-state index in [4.69, 9.17) is 10.3 Å². The highest BCUT2D eigenvalue weighted by Gasteiger charge is 2.10. The molecule has 1 aromatic heterocycles. The fourth-order valence-corrected chi connectivity index (χ4v) is 1.88. The number of aryl methyl sites for hydroxylation is 1. The second kappa shape index (κ2) is 6.15. The topological polar surface area (TPSA) is 81.2 Å². The fraction of sp³-hybridized carbons (Fsp3) is 0.286. The van der Waals surface area contributed by atoms with Crippen LogP contribution in [0.3, 0.4) is 0 Å². The standard InChI is InChI=1S/C14H17N3O2/c1-10-8-12(17-19-10)9-16-14(18)13-5-3-2-4-11(13)6-7-15/h2-5,8H,6-7,9,15H2,1H3,(H,16,18). The average Bonchev–Trinajstić information content (AvgIpc) is 2.83. The molecule has 100 valence electrons. The highest BCUT2D eigenvalue weighted by atomic mass is 16.5. The summed E-state index contributed by atoms with van der Waals surface area (Å²) in [5.41, 5.74) is 7.87. The molecule has 0 unspecified atom stereocenters. The lowest BCUT2D eigenvalue weighted by molar-refractivity contribution is 0.0949. The molecular weight excluding hydrogens is 242 g/mol. The molecule has 2 rings (SSSR count). The number of carbonyl (C=O) groups is 1. The molecule has 1 heterocycles. The summed E-state index contributed by atoms with van der Waals surface area (Å²) < 4.78 is 4.95. The van der Waals surface area contributed by atoms with Crippen LogP contribution in [0.25, 0.3) is 0 Å². The summed E-state index contributed by atoms with van der Waals surface area (Å²) in [6, 6.07) is 9.26. The first-order valence-electron chi connectivity index (χ1n) is 6.19. The molecule has 3 N–H and O–H groups in total. The van der Waals surface area contributed by atoms with Gasteiger partial charge in [-0.25, -0.2) is 0 Å². The summed E-state index contributed by atoms with van der Waals surface area (Å²) in [7, 11) is 0. The minimum absolute atomic E-state index is 0.121. The molecule has 0 fully saturated rings. The van der Waals surface area contributed by atoms with E-state index in [1.54, 1.807) is 12.1 Å². The summed E-state index contributed by atoms with van der Waals surface area (Å²) in [6.45, 7) is 2.69. The third kappa shape index (κ3) is 3.42. The van der Waals surface area contributed by atoms with Crippen molar-refractivity contribution < 1.29 is 9.32 Å². The molecular formula is C14H17N3O2. The third-order valence-corrected chi connectivity index (χ3v) is 2.78. The van der Waals surface area contributed by atoms with Crippen LogP contribution >= 0.6 is 0 Å². The lowest BCUT2D eigenvalue weighted by Gasteiger charge is -2.08. The van der Waals surface area contributed by atoms with Gasteiger partial charge in [-0.3, -0.25) is 4.79 Å². The van der Waals surface area contributed by atoms with Crippen molar-refractivity contribution in [3.8, 4) is 0 Å². The van der Waals surface area contributed by atoms with E-state index >= 15 is 0 Å². The SMILES string of the molecule is Cc1cc(CNC(=O)c2ccccc2CCN)no1. The lowest BCUT2D eigenvalue weighted by atomic mass is 10.0. The van der Waals surface area contributed by atoms with Crippen molar-refractivity contribution in [2.45, 2.75) is 19.9 Å². The highest BCUT2D eigenvalue weighted by Crippen LogP contribution is 2.09. The molecule has 0 aliphatic heterocycles. The Kier molecular flexibility index (Phi) is 4.30. The van der Waals surface area contributed by atoms with Gasteiger partial charge in [0.05, 0.1) is 6.54 Å². The van der Waals surface area contributed by atoms with Gasteiger partial charge in [-0.15, -0.1) is 0 Å². The van der Waals surface area contributed by atoms with Gasteiger partial charge in [-0.2, -0.15) is 0 Å². The summed E-state index contributed by atoms with van der Waals surface area (Å²) in [5, 5.41) is 6.66. The van der Waals surface area contributed by atoms with Gasteiger partial charge in [-0.05, 0) is 31.5 Å². The number of aromatic nitrogens is 1. The van der Waals surface area contributed by atoms with Crippen molar-refractivity contribution >= 4 is 5.91 Å². The summed E-state index contributed by atoms with van der Waals surface area (Å²) in [6.07, 6.45) is 0.687. The van der Waals surface area contributed by atoms with Crippen LogP contribution in [-0.2, 0) is 13.0 Å². The van der Waals surface area contributed by atoms with Crippen LogP contribution in [0.15, 0.2) is 34.9 Å². The smallest absolute Gasteiger partial charge is 0.251 e. The normalized spacial score (nSPS) is 10.4. The fourth-order valence-electron chi connectivity index (χ4n) is 1.88. The molecule has 1 aromatic carbocycles. The summed E-state index contributed by atoms with van der Waals surface area (Å²) in [4.78, 5) is 12.1. The molecule has 1 amide bonds. The van der Waals surface area contributed by atoms with Gasteiger partial charge in [0.15, 0.2) is 0 Å². The van der Waals surface area contributed by atoms with Crippen LogP contribution in [0.4, 0.5) is 0 Å². The van der Waals surface area contributed by atoms with Crippen LogP contribution < -0.4 is 11.1 Å². The molecule has 0 spiro atoms. The molecule has 0 aliphatic carbocycles. The number of benzene rings is 1. The van der Waals surface area contributed by atoms with Gasteiger partial charge in [0.2, 0.25) is 0 Å². The van der Waals surface area contributed by atoms with Crippen LogP contribution in [0.5, 0.6) is 0 Å². The highest BCUT2D eigenvalue weighted by molar-refractivity contribution is 5.95. The number of hydrogen-bond acceptors (Lipinski definition) is 4. The quantitative estimate of drug-likeness (QED) is 0.850. The van der Waals surface area contributed by atoms with Crippen LogP contribution in [-0.4, -0.2) is 17.6 Å². The van der Waals surface area contributed by atoms with Gasteiger partial charge in [0.25, 0.3) is 5.91 Å². The van der Waals surface area contributed by atoms with Gasteiger partial charge in [0, 0.05) is 11.6 Å². The average molecular weight is 259 g/mol. The minimum Gasteiger partial charge on any atom is -0.361 e. The molecule has 0 aliphatic rings. The molecule has 0 saturated carbocycles. The van der Waals surface area contributed by atoms with E-state index in [1.807, 2.05) is 25.1 Å². The van der Waals surface area contributed by atoms with Gasteiger partial charge in [0.1, 0.15) is 11.5 Å². The van der Waals surface area contributed by atoms with Gasteiger partial charge in [-0.1, -0.05) is 23.4 Å². The maximum absolute atomic E-state index is 12.1. The lowest BCUT2D eigenvalue weighted by Crippen LogP contribution is -2.24. The summed E-state index contributed by atoms with van der Waals surface area (Å²) >= 11 is 0. The first-order chi connectivity index (χ1) is 9.20. The Hall–Kier alpha value is -2.14. The first kappa shape index (κ1) is 13.3. The van der Waals surface area contributed by atoms with Crippen molar-refractivity contribution in [3.05, 3.63) is 52.9 Å². The van der Waals surface area contributed by atoms with Crippen LogP contribution in [0, 0.1) is 6.92 Å². The van der Waals surface area contributed by atoms with E-state index < -0.39 is 0 Å². The maximum Gasteiger partial charge on any atom is 0.251 e. The molecule has 0 saturated heterocycles. The Labute approximate surface area is 111 Å². The minimum atomic E-state index is -0.121. The molecule has 2 aromatic rings. The Bertz CT molecular complexity index is 563. The number of hydrogen-bond donors (Lipinski definition) is 2. The molecule has 5 heteroatoms. The van der Waals surface area contributed by atoms with Gasteiger partial charge < -0.3 is 15.6 Å². The van der Waals surface area contributed by atoms with E-state index in [0.29, 0.717) is 30.8 Å². The van der Waals surface area contributed by atoms with E-state index in [1.165, 1.54) is 0 Å². The van der Waals surface area contributed by atoms with Gasteiger partial charge >= 0.3 is 0 Å². The Morgan fingerprint density at radius 1 is 1.42 bits per heavy atom. The molecule has 5 nitrogen and oxygen atoms in total. The zero-order chi connectivity index (χ0) is 13.7. The van der Waals surface area contributed by atoms with Crippen molar-refractivity contribution in [3.63, 3.8) is 0 Å². The Morgan fingerprint density at radius 3 is 2.89 bits per heavy atom. The second-order valence-corrected chi connectivity index (χ2v) is 4.31. The van der Waals surface area contributed by atoms with Crippen molar-refractivity contribution in [2.75, 3.05) is 6.54 Å². The predicted octanol–water partition coefficient (Wildman–Crippen LogP) is 1.41. The molecule has 0 bridgehead atoms. The zero-order valence-electron chi connectivity index (χ0n) is 10.8. The third-order valence-electron chi connectivity index (χ3n) is 2.78. The summed E-state index contributed by atoms with van der Waals surface area (Å²) in [5.74, 6) is 0.609. The van der Waals surface area contributed by atoms with E-state index in [9.17, 15) is 4.79 Å². The van der Waals surface area contributed by atoms with Crippen LogP contribution in [0.2, 0.25) is 0 Å². The largest absolute Gasteiger partial charge is 0.361 e. The number of nitrogens with two attached hydrogens (primary N) is 1. The first-order valence-corrected chi connectivity index (χ1v) is 6.19. The predicted molar refractivity (Wildman–Crippen MR) is 71.6 cm³/mol. The number of rotatable bonds is 5. The number of nitrogens with one attached hydrogen (secondary N) is 1. The van der Waals surface area contributed by atoms with E-state index in [2.05, 4.69) is 10.5 Å². The van der Waals surface area contributed by atoms with Crippen molar-refractivity contribution in [1.29, 1.82) is 0 Å². The van der Waals surface area contributed by atoms with Crippen molar-refractivity contribution in [1.82, 2.24) is 10.5 Å². The van der Waals surface area contributed by atoms with E-state index in [0.717, 1.165) is 11.3 Å². The maximum atomic E-state index is 12.1. The second-order valence-electron chi connectivity index (χ2n) is 4.31. The number of carbonyl (C=O) groups excluding carboxylic acids is 1. The molecule has 0 atom stereocenters. The van der Waals surface area contributed by atoms with Crippen LogP contribution in [0.1, 0.15) is 27.4 Å². The molecule has 19 heavy (non-hydrogen) atoms. The number of nitrogens with zero attached hydrogens (tertiary/aromatic N) is 1. The Morgan fingerprint density at radius 2 is 2.21 bits per heavy atom. The van der Waals surface area contributed by atoms with Crippen molar-refractivity contribution in [2.24, 2.45) is 5.73 Å².